The van der Waals surface area contributed by atoms with E-state index in [0.717, 1.165) is 0 Å². The Kier molecular flexibility index (Phi) is 5.25. The molecule has 0 aliphatic carbocycles. The standard InChI is InChI=1S/C20H20ClN3O4/c21-14-5-7-15(8-6-14)22-20(26)24-11-9-23(10-12-24)19(25)18-13-27-16-3-1-2-4-17(16)28-18/h1-8,18H,9-13H2,(H,22,26)/t18-/m1/s1. The van der Waals surface area contributed by atoms with Crippen molar-refractivity contribution in [2.45, 2.75) is 6.10 Å². The van der Waals surface area contributed by atoms with Crippen LogP contribution in [0.4, 0.5) is 10.5 Å². The second-order valence-corrected chi connectivity index (χ2v) is 7.05. The molecule has 1 N–H and O–H groups in total. The molecule has 4 rings (SSSR count). The van der Waals surface area contributed by atoms with Crippen molar-refractivity contribution >= 4 is 29.2 Å². The predicted molar refractivity (Wildman–Crippen MR) is 105 cm³/mol. The summed E-state index contributed by atoms with van der Waals surface area (Å²) in [7, 11) is 0. The third-order valence-corrected chi connectivity index (χ3v) is 5.01. The molecule has 3 amide bonds. The Bertz CT molecular complexity index is 866. The van der Waals surface area contributed by atoms with E-state index in [0.29, 0.717) is 48.4 Å². The van der Waals surface area contributed by atoms with Gasteiger partial charge in [-0.1, -0.05) is 23.7 Å². The zero-order valence-electron chi connectivity index (χ0n) is 15.1. The Labute approximate surface area is 167 Å². The highest BCUT2D eigenvalue weighted by Gasteiger charge is 2.33. The van der Waals surface area contributed by atoms with Gasteiger partial charge >= 0.3 is 6.03 Å². The molecule has 8 heteroatoms. The van der Waals surface area contributed by atoms with E-state index < -0.39 is 6.10 Å². The number of halogens is 1. The second-order valence-electron chi connectivity index (χ2n) is 6.61. The van der Waals surface area contributed by atoms with Gasteiger partial charge in [0.05, 0.1) is 0 Å². The van der Waals surface area contributed by atoms with Crippen molar-refractivity contribution in [2.24, 2.45) is 0 Å². The number of amides is 3. The lowest BCUT2D eigenvalue weighted by Crippen LogP contribution is -2.55. The maximum atomic E-state index is 12.8. The first-order valence-corrected chi connectivity index (χ1v) is 9.47. The minimum Gasteiger partial charge on any atom is -0.485 e. The molecule has 2 aromatic carbocycles. The van der Waals surface area contributed by atoms with E-state index >= 15 is 0 Å². The zero-order valence-corrected chi connectivity index (χ0v) is 15.9. The number of nitrogens with zero attached hydrogens (tertiary/aromatic N) is 2. The largest absolute Gasteiger partial charge is 0.485 e. The van der Waals surface area contributed by atoms with Crippen LogP contribution in [-0.2, 0) is 4.79 Å². The smallest absolute Gasteiger partial charge is 0.321 e. The summed E-state index contributed by atoms with van der Waals surface area (Å²) in [5.74, 6) is 1.11. The number of urea groups is 1. The number of para-hydroxylation sites is 2. The van der Waals surface area contributed by atoms with Crippen LogP contribution in [0.5, 0.6) is 11.5 Å². The maximum absolute atomic E-state index is 12.8. The Morgan fingerprint density at radius 1 is 0.929 bits per heavy atom. The summed E-state index contributed by atoms with van der Waals surface area (Å²) < 4.78 is 11.4. The summed E-state index contributed by atoms with van der Waals surface area (Å²) >= 11 is 5.85. The van der Waals surface area contributed by atoms with Crippen molar-refractivity contribution in [3.8, 4) is 11.5 Å². The van der Waals surface area contributed by atoms with E-state index in [9.17, 15) is 9.59 Å². The third kappa shape index (κ3) is 3.99. The van der Waals surface area contributed by atoms with Crippen molar-refractivity contribution < 1.29 is 19.1 Å². The van der Waals surface area contributed by atoms with Crippen molar-refractivity contribution in [3.05, 3.63) is 53.6 Å². The summed E-state index contributed by atoms with van der Waals surface area (Å²) in [6.07, 6.45) is -0.663. The van der Waals surface area contributed by atoms with Gasteiger partial charge in [-0.3, -0.25) is 4.79 Å². The molecule has 2 aliphatic rings. The molecule has 2 aromatic rings. The molecule has 146 valence electrons. The van der Waals surface area contributed by atoms with Crippen molar-refractivity contribution in [1.29, 1.82) is 0 Å². The summed E-state index contributed by atoms with van der Waals surface area (Å²) in [5.41, 5.74) is 0.680. The Morgan fingerprint density at radius 3 is 2.29 bits per heavy atom. The van der Waals surface area contributed by atoms with Crippen LogP contribution in [0.3, 0.4) is 0 Å². The average molecular weight is 402 g/mol. The fourth-order valence-electron chi connectivity index (χ4n) is 3.21. The van der Waals surface area contributed by atoms with Gasteiger partial charge in [0.2, 0.25) is 6.10 Å². The van der Waals surface area contributed by atoms with E-state index in [4.69, 9.17) is 21.1 Å². The van der Waals surface area contributed by atoms with Gasteiger partial charge in [0.15, 0.2) is 11.5 Å². The first kappa shape index (κ1) is 18.4. The summed E-state index contributed by atoms with van der Waals surface area (Å²) in [4.78, 5) is 28.6. The predicted octanol–water partition coefficient (Wildman–Crippen LogP) is 2.86. The minimum absolute atomic E-state index is 0.118. The molecule has 28 heavy (non-hydrogen) atoms. The minimum atomic E-state index is -0.663. The molecule has 0 spiro atoms. The molecule has 0 radical (unpaired) electrons. The Hall–Kier alpha value is -2.93. The number of ether oxygens (including phenoxy) is 2. The molecule has 1 atom stereocenters. The van der Waals surface area contributed by atoms with Crippen LogP contribution in [0.2, 0.25) is 5.02 Å². The highest BCUT2D eigenvalue weighted by atomic mass is 35.5. The summed E-state index contributed by atoms with van der Waals surface area (Å²) in [6, 6.07) is 14.0. The van der Waals surface area contributed by atoms with Gasteiger partial charge in [-0.05, 0) is 36.4 Å². The fraction of sp³-hybridized carbons (Fsp3) is 0.300. The van der Waals surface area contributed by atoms with Crippen LogP contribution in [0.15, 0.2) is 48.5 Å². The van der Waals surface area contributed by atoms with Crippen LogP contribution in [-0.4, -0.2) is 60.6 Å². The van der Waals surface area contributed by atoms with Crippen LogP contribution in [0, 0.1) is 0 Å². The lowest BCUT2D eigenvalue weighted by atomic mass is 10.2. The second kappa shape index (κ2) is 7.98. The number of fused-ring (bicyclic) bond motifs is 1. The number of rotatable bonds is 2. The van der Waals surface area contributed by atoms with Gasteiger partial charge in [0.25, 0.3) is 5.91 Å². The summed E-state index contributed by atoms with van der Waals surface area (Å²) in [6.45, 7) is 2.00. The number of nitrogens with one attached hydrogen (secondary N) is 1. The van der Waals surface area contributed by atoms with Gasteiger partial charge in [-0.15, -0.1) is 0 Å². The molecule has 1 fully saturated rings. The van der Waals surface area contributed by atoms with E-state index in [2.05, 4.69) is 5.32 Å². The first-order chi connectivity index (χ1) is 13.6. The molecular weight excluding hydrogens is 382 g/mol. The first-order valence-electron chi connectivity index (χ1n) is 9.09. The van der Waals surface area contributed by atoms with Crippen LogP contribution >= 0.6 is 11.6 Å². The van der Waals surface area contributed by atoms with Crippen molar-refractivity contribution in [2.75, 3.05) is 38.1 Å². The molecule has 0 saturated carbocycles. The molecule has 2 aliphatic heterocycles. The monoisotopic (exact) mass is 401 g/mol. The highest BCUT2D eigenvalue weighted by Crippen LogP contribution is 2.31. The van der Waals surface area contributed by atoms with Gasteiger partial charge in [0, 0.05) is 36.9 Å². The van der Waals surface area contributed by atoms with Crippen molar-refractivity contribution in [1.82, 2.24) is 9.80 Å². The number of hydrogen-bond acceptors (Lipinski definition) is 4. The Morgan fingerprint density at radius 2 is 1.57 bits per heavy atom. The third-order valence-electron chi connectivity index (χ3n) is 4.76. The van der Waals surface area contributed by atoms with Gasteiger partial charge in [-0.2, -0.15) is 0 Å². The molecule has 0 unspecified atom stereocenters. The number of carbonyl (C=O) groups excluding carboxylic acids is 2. The number of anilines is 1. The average Bonchev–Trinajstić information content (AvgIpc) is 2.74. The number of hydrogen-bond donors (Lipinski definition) is 1. The van der Waals surface area contributed by atoms with Crippen LogP contribution in [0.1, 0.15) is 0 Å². The quantitative estimate of drug-likeness (QED) is 0.840. The highest BCUT2D eigenvalue weighted by molar-refractivity contribution is 6.30. The molecular formula is C20H20ClN3O4. The molecule has 0 aromatic heterocycles. The number of piperazine rings is 1. The van der Waals surface area contributed by atoms with Gasteiger partial charge < -0.3 is 24.6 Å². The molecule has 7 nitrogen and oxygen atoms in total. The molecule has 1 saturated heterocycles. The van der Waals surface area contributed by atoms with E-state index in [1.54, 1.807) is 40.1 Å². The SMILES string of the molecule is O=C(Nc1ccc(Cl)cc1)N1CCN(C(=O)[C@H]2COc3ccccc3O2)CC1. The lowest BCUT2D eigenvalue weighted by molar-refractivity contribution is -0.142. The van der Waals surface area contributed by atoms with Gasteiger partial charge in [-0.25, -0.2) is 4.79 Å². The normalized spacial score (nSPS) is 18.5. The lowest BCUT2D eigenvalue weighted by Gasteiger charge is -2.37. The van der Waals surface area contributed by atoms with E-state index in [1.807, 2.05) is 18.2 Å². The van der Waals surface area contributed by atoms with E-state index in [1.165, 1.54) is 0 Å². The Balaban J connectivity index is 1.29. The van der Waals surface area contributed by atoms with Gasteiger partial charge in [0.1, 0.15) is 6.61 Å². The van der Waals surface area contributed by atoms with E-state index in [-0.39, 0.29) is 18.5 Å². The van der Waals surface area contributed by atoms with Crippen molar-refractivity contribution in [3.63, 3.8) is 0 Å². The zero-order chi connectivity index (χ0) is 19.5. The number of carbonyl (C=O) groups is 2. The van der Waals surface area contributed by atoms with Crippen LogP contribution in [0.25, 0.3) is 0 Å². The molecule has 2 heterocycles. The summed E-state index contributed by atoms with van der Waals surface area (Å²) in [5, 5.41) is 3.45. The maximum Gasteiger partial charge on any atom is 0.321 e. The van der Waals surface area contributed by atoms with Crippen LogP contribution < -0.4 is 14.8 Å². The topological polar surface area (TPSA) is 71.1 Å². The fourth-order valence-corrected chi connectivity index (χ4v) is 3.34. The molecule has 0 bridgehead atoms. The number of benzene rings is 2.